The summed E-state index contributed by atoms with van der Waals surface area (Å²) < 4.78 is 18.7. The van der Waals surface area contributed by atoms with Crippen LogP contribution in [0.1, 0.15) is 60.0 Å². The van der Waals surface area contributed by atoms with Gasteiger partial charge < -0.3 is 9.84 Å². The molecule has 6 heteroatoms. The Bertz CT molecular complexity index is 1370. The van der Waals surface area contributed by atoms with Crippen LogP contribution >= 0.6 is 0 Å². The first-order valence-electron chi connectivity index (χ1n) is 11.0. The van der Waals surface area contributed by atoms with Crippen molar-refractivity contribution in [2.75, 3.05) is 0 Å². The monoisotopic (exact) mass is 453 g/mol. The van der Waals surface area contributed by atoms with Crippen LogP contribution in [0.2, 0.25) is 0 Å². The van der Waals surface area contributed by atoms with E-state index in [9.17, 15) is 14.4 Å². The molecule has 0 aliphatic heterocycles. The Labute approximate surface area is 197 Å². The molecule has 170 valence electrons. The van der Waals surface area contributed by atoms with Gasteiger partial charge >= 0.3 is 0 Å². The minimum Gasteiger partial charge on any atom is -0.361 e. The Kier molecular flexibility index (Phi) is 6.55. The summed E-state index contributed by atoms with van der Waals surface area (Å²) in [6.45, 7) is 5.87. The maximum Gasteiger partial charge on any atom is 0.251 e. The van der Waals surface area contributed by atoms with Crippen molar-refractivity contribution in [2.24, 2.45) is 0 Å². The van der Waals surface area contributed by atoms with Crippen LogP contribution in [0.5, 0.6) is 0 Å². The van der Waals surface area contributed by atoms with Crippen LogP contribution < -0.4 is 5.32 Å². The van der Waals surface area contributed by atoms with Gasteiger partial charge in [0, 0.05) is 23.1 Å². The molecule has 4 rings (SSSR count). The molecule has 0 fully saturated rings. The summed E-state index contributed by atoms with van der Waals surface area (Å²) in [7, 11) is 0. The van der Waals surface area contributed by atoms with E-state index in [2.05, 4.69) is 16.5 Å². The number of aromatic nitrogens is 1. The van der Waals surface area contributed by atoms with Crippen molar-refractivity contribution in [3.63, 3.8) is 0 Å². The Hall–Kier alpha value is -4.24. The number of amides is 1. The van der Waals surface area contributed by atoms with E-state index in [1.807, 2.05) is 45.0 Å². The number of nitrogens with zero attached hydrogens (tertiary/aromatic N) is 2. The maximum absolute atomic E-state index is 13.3. The van der Waals surface area contributed by atoms with Crippen LogP contribution in [-0.2, 0) is 0 Å². The van der Waals surface area contributed by atoms with Gasteiger partial charge in [-0.15, -0.1) is 0 Å². The van der Waals surface area contributed by atoms with E-state index in [0.717, 1.165) is 22.5 Å². The first-order valence-corrected chi connectivity index (χ1v) is 11.0. The highest BCUT2D eigenvalue weighted by atomic mass is 19.1. The first kappa shape index (κ1) is 22.9. The molecule has 0 aliphatic carbocycles. The molecule has 0 saturated heterocycles. The van der Waals surface area contributed by atoms with Crippen molar-refractivity contribution in [2.45, 2.75) is 32.7 Å². The second-order valence-corrected chi connectivity index (χ2v) is 8.47. The summed E-state index contributed by atoms with van der Waals surface area (Å²) in [5.74, 6) is 0.294. The molecule has 0 saturated carbocycles. The summed E-state index contributed by atoms with van der Waals surface area (Å²) in [5.41, 5.74) is 4.49. The highest BCUT2D eigenvalue weighted by molar-refractivity contribution is 5.97. The van der Waals surface area contributed by atoms with Crippen molar-refractivity contribution in [1.82, 2.24) is 10.5 Å². The van der Waals surface area contributed by atoms with Crippen LogP contribution in [0.3, 0.4) is 0 Å². The van der Waals surface area contributed by atoms with Gasteiger partial charge in [-0.1, -0.05) is 49.3 Å². The van der Waals surface area contributed by atoms with E-state index in [0.29, 0.717) is 22.4 Å². The van der Waals surface area contributed by atoms with Crippen molar-refractivity contribution >= 4 is 5.91 Å². The molecule has 1 heterocycles. The van der Waals surface area contributed by atoms with E-state index in [1.165, 1.54) is 12.1 Å². The van der Waals surface area contributed by atoms with Gasteiger partial charge in [0.1, 0.15) is 17.3 Å². The number of benzene rings is 3. The van der Waals surface area contributed by atoms with Gasteiger partial charge in [-0.05, 0) is 60.0 Å². The minimum absolute atomic E-state index is 0.170. The smallest absolute Gasteiger partial charge is 0.251 e. The molecule has 0 aliphatic rings. The number of carbonyl (C=O) groups is 1. The molecular weight excluding hydrogens is 429 g/mol. The standard InChI is InChI=1S/C28H24FN3O2/c1-17(2)27-15-26(32-34-27)22-12-21(25-7-5-4-6-20(25)16-30)13-23(14-22)28(33)31-18(3)19-8-10-24(29)11-9-19/h4-15,17-18H,1-3H3,(H,31,33). The molecule has 3 aromatic carbocycles. The third kappa shape index (κ3) is 4.89. The molecule has 34 heavy (non-hydrogen) atoms. The average Bonchev–Trinajstić information content (AvgIpc) is 3.35. The Balaban J connectivity index is 1.75. The van der Waals surface area contributed by atoms with E-state index < -0.39 is 0 Å². The van der Waals surface area contributed by atoms with Crippen LogP contribution in [0, 0.1) is 17.1 Å². The predicted octanol–water partition coefficient (Wildman–Crippen LogP) is 6.63. The van der Waals surface area contributed by atoms with Gasteiger partial charge in [0.25, 0.3) is 5.91 Å². The zero-order valence-corrected chi connectivity index (χ0v) is 19.2. The number of halogens is 1. The third-order valence-corrected chi connectivity index (χ3v) is 5.66. The normalized spacial score (nSPS) is 11.8. The summed E-state index contributed by atoms with van der Waals surface area (Å²) in [4.78, 5) is 13.2. The molecule has 1 atom stereocenters. The topological polar surface area (TPSA) is 78.9 Å². The van der Waals surface area contributed by atoms with Gasteiger partial charge in [0.2, 0.25) is 0 Å². The largest absolute Gasteiger partial charge is 0.361 e. The highest BCUT2D eigenvalue weighted by Crippen LogP contribution is 2.31. The third-order valence-electron chi connectivity index (χ3n) is 5.66. The van der Waals surface area contributed by atoms with Gasteiger partial charge in [-0.25, -0.2) is 4.39 Å². The molecule has 5 nitrogen and oxygen atoms in total. The molecule has 1 aromatic heterocycles. The van der Waals surface area contributed by atoms with E-state index in [4.69, 9.17) is 4.52 Å². The van der Waals surface area contributed by atoms with Gasteiger partial charge in [0.15, 0.2) is 0 Å². The van der Waals surface area contributed by atoms with E-state index in [1.54, 1.807) is 36.4 Å². The molecule has 0 bridgehead atoms. The first-order chi connectivity index (χ1) is 16.4. The molecule has 4 aromatic rings. The van der Waals surface area contributed by atoms with Gasteiger partial charge in [-0.3, -0.25) is 4.79 Å². The minimum atomic E-state index is -0.329. The van der Waals surface area contributed by atoms with Gasteiger partial charge in [-0.2, -0.15) is 5.26 Å². The number of carbonyl (C=O) groups excluding carboxylic acids is 1. The number of nitriles is 1. The molecular formula is C28H24FN3O2. The summed E-state index contributed by atoms with van der Waals surface area (Å²) in [6, 6.07) is 22.4. The fraction of sp³-hybridized carbons (Fsp3) is 0.179. The average molecular weight is 454 g/mol. The molecule has 1 unspecified atom stereocenters. The number of hydrogen-bond donors (Lipinski definition) is 1. The predicted molar refractivity (Wildman–Crippen MR) is 128 cm³/mol. The summed E-state index contributed by atoms with van der Waals surface area (Å²) in [6.07, 6.45) is 0. The Morgan fingerprint density at radius 1 is 1.00 bits per heavy atom. The fourth-order valence-corrected chi connectivity index (χ4v) is 3.71. The second-order valence-electron chi connectivity index (χ2n) is 8.47. The molecule has 1 amide bonds. The summed E-state index contributed by atoms with van der Waals surface area (Å²) >= 11 is 0. The zero-order valence-electron chi connectivity index (χ0n) is 19.2. The molecule has 0 spiro atoms. The Morgan fingerprint density at radius 3 is 2.38 bits per heavy atom. The Morgan fingerprint density at radius 2 is 1.71 bits per heavy atom. The highest BCUT2D eigenvalue weighted by Gasteiger charge is 2.17. The van der Waals surface area contributed by atoms with Crippen molar-refractivity contribution in [1.29, 1.82) is 5.26 Å². The van der Waals surface area contributed by atoms with Crippen LogP contribution in [0.4, 0.5) is 4.39 Å². The lowest BCUT2D eigenvalue weighted by Crippen LogP contribution is -2.26. The molecule has 1 N–H and O–H groups in total. The molecule has 0 radical (unpaired) electrons. The van der Waals surface area contributed by atoms with Crippen LogP contribution in [0.25, 0.3) is 22.4 Å². The summed E-state index contributed by atoms with van der Waals surface area (Å²) in [5, 5.41) is 16.8. The lowest BCUT2D eigenvalue weighted by atomic mass is 9.95. The number of nitrogens with one attached hydrogen (secondary N) is 1. The lowest BCUT2D eigenvalue weighted by Gasteiger charge is -2.16. The van der Waals surface area contributed by atoms with E-state index in [-0.39, 0.29) is 23.7 Å². The number of hydrogen-bond acceptors (Lipinski definition) is 4. The van der Waals surface area contributed by atoms with Gasteiger partial charge in [0.05, 0.1) is 17.7 Å². The van der Waals surface area contributed by atoms with Crippen LogP contribution in [0.15, 0.2) is 77.3 Å². The lowest BCUT2D eigenvalue weighted by molar-refractivity contribution is 0.0940. The van der Waals surface area contributed by atoms with Crippen molar-refractivity contribution in [3.05, 3.63) is 101 Å². The van der Waals surface area contributed by atoms with E-state index >= 15 is 0 Å². The van der Waals surface area contributed by atoms with Crippen molar-refractivity contribution in [3.8, 4) is 28.5 Å². The van der Waals surface area contributed by atoms with Crippen molar-refractivity contribution < 1.29 is 13.7 Å². The maximum atomic E-state index is 13.3. The number of rotatable bonds is 6. The SMILES string of the molecule is CC(C)c1cc(-c2cc(C(=O)NC(C)c3ccc(F)cc3)cc(-c3ccccc3C#N)c2)no1. The fourth-order valence-electron chi connectivity index (χ4n) is 3.71. The second kappa shape index (κ2) is 9.72. The quantitative estimate of drug-likeness (QED) is 0.355. The zero-order chi connectivity index (χ0) is 24.2. The van der Waals surface area contributed by atoms with Crippen LogP contribution in [-0.4, -0.2) is 11.1 Å².